The van der Waals surface area contributed by atoms with Crippen LogP contribution in [0.2, 0.25) is 0 Å². The Morgan fingerprint density at radius 3 is 2.87 bits per heavy atom. The number of aromatic nitrogens is 5. The minimum absolute atomic E-state index is 0.416. The Morgan fingerprint density at radius 2 is 2.00 bits per heavy atom. The molecule has 0 saturated carbocycles. The van der Waals surface area contributed by atoms with E-state index in [1.54, 1.807) is 17.8 Å². The van der Waals surface area contributed by atoms with Gasteiger partial charge in [-0.2, -0.15) is 10.3 Å². The Balaban J connectivity index is 1.55. The van der Waals surface area contributed by atoms with E-state index in [1.165, 1.54) is 0 Å². The van der Waals surface area contributed by atoms with Crippen LogP contribution in [0.25, 0.3) is 22.5 Å². The molecule has 8 heteroatoms. The fraction of sp³-hybridized carbons (Fsp3) is 0.0667. The highest BCUT2D eigenvalue weighted by molar-refractivity contribution is 7.98. The second-order valence-corrected chi connectivity index (χ2v) is 5.90. The van der Waals surface area contributed by atoms with E-state index < -0.39 is 0 Å². The predicted molar refractivity (Wildman–Crippen MR) is 87.6 cm³/mol. The number of hydrogen-bond acceptors (Lipinski definition) is 7. The number of rotatable bonds is 4. The van der Waals surface area contributed by atoms with E-state index in [9.17, 15) is 0 Å². The number of pyridine rings is 1. The normalized spacial score (nSPS) is 11.1. The summed E-state index contributed by atoms with van der Waals surface area (Å²) in [6.45, 7) is 0. The van der Waals surface area contributed by atoms with Crippen molar-refractivity contribution in [1.82, 2.24) is 25.6 Å². The summed E-state index contributed by atoms with van der Waals surface area (Å²) >= 11 is 1.57. The molecule has 0 radical (unpaired) electrons. The van der Waals surface area contributed by atoms with Gasteiger partial charge in [-0.3, -0.25) is 0 Å². The van der Waals surface area contributed by atoms with Gasteiger partial charge in [0, 0.05) is 22.3 Å². The van der Waals surface area contributed by atoms with Crippen molar-refractivity contribution in [3.05, 3.63) is 48.2 Å². The quantitative estimate of drug-likeness (QED) is 0.556. The van der Waals surface area contributed by atoms with Gasteiger partial charge >= 0.3 is 0 Å². The van der Waals surface area contributed by atoms with Crippen molar-refractivity contribution in [2.45, 2.75) is 10.6 Å². The van der Waals surface area contributed by atoms with Crippen LogP contribution < -0.4 is 5.73 Å². The molecular formula is C15H12N6OS. The van der Waals surface area contributed by atoms with Crippen molar-refractivity contribution in [2.24, 2.45) is 0 Å². The van der Waals surface area contributed by atoms with Crippen molar-refractivity contribution in [3.63, 3.8) is 0 Å². The van der Waals surface area contributed by atoms with Gasteiger partial charge < -0.3 is 10.3 Å². The highest BCUT2D eigenvalue weighted by Crippen LogP contribution is 2.30. The number of thioether (sulfide) groups is 1. The molecule has 0 aliphatic heterocycles. The van der Waals surface area contributed by atoms with E-state index in [4.69, 9.17) is 10.3 Å². The van der Waals surface area contributed by atoms with Crippen LogP contribution in [0.4, 0.5) is 5.82 Å². The third-order valence-electron chi connectivity index (χ3n) is 3.27. The molecule has 0 saturated heterocycles. The Morgan fingerprint density at radius 1 is 1.13 bits per heavy atom. The first-order chi connectivity index (χ1) is 11.3. The van der Waals surface area contributed by atoms with Crippen molar-refractivity contribution in [3.8, 4) is 11.3 Å². The van der Waals surface area contributed by atoms with Crippen LogP contribution in [-0.2, 0) is 5.75 Å². The molecule has 0 aliphatic rings. The second kappa shape index (κ2) is 5.73. The number of nitrogen functional groups attached to an aromatic ring is 1. The van der Waals surface area contributed by atoms with Crippen LogP contribution in [0.1, 0.15) is 5.69 Å². The summed E-state index contributed by atoms with van der Waals surface area (Å²) in [5, 5.41) is 14.7. The van der Waals surface area contributed by atoms with Crippen LogP contribution >= 0.6 is 11.8 Å². The lowest BCUT2D eigenvalue weighted by molar-refractivity contribution is 0.426. The molecule has 0 aliphatic carbocycles. The van der Waals surface area contributed by atoms with Gasteiger partial charge in [0.15, 0.2) is 5.76 Å². The molecule has 0 amide bonds. The smallest absolute Gasteiger partial charge is 0.204 e. The molecule has 23 heavy (non-hydrogen) atoms. The molecule has 3 aromatic heterocycles. The number of H-pyrrole nitrogens is 1. The minimum Gasteiger partial charge on any atom is -0.384 e. The summed E-state index contributed by atoms with van der Waals surface area (Å²) in [5.41, 5.74) is 8.86. The zero-order chi connectivity index (χ0) is 15.6. The summed E-state index contributed by atoms with van der Waals surface area (Å²) in [5.74, 6) is 1.81. The zero-order valence-electron chi connectivity index (χ0n) is 11.9. The molecule has 114 valence electrons. The second-order valence-electron chi connectivity index (χ2n) is 4.88. The summed E-state index contributed by atoms with van der Waals surface area (Å²) in [4.78, 5) is 5.03. The summed E-state index contributed by atoms with van der Waals surface area (Å²) in [6, 6.07) is 13.6. The number of aromatic amines is 1. The van der Waals surface area contributed by atoms with Crippen LogP contribution in [0.5, 0.6) is 0 Å². The third kappa shape index (κ3) is 2.76. The number of anilines is 1. The fourth-order valence-corrected chi connectivity index (χ4v) is 3.12. The average molecular weight is 324 g/mol. The lowest BCUT2D eigenvalue weighted by atomic mass is 10.2. The number of fused-ring (bicyclic) bond motifs is 1. The predicted octanol–water partition coefficient (Wildman–Crippen LogP) is 2.88. The van der Waals surface area contributed by atoms with E-state index in [-0.39, 0.29) is 0 Å². The molecule has 0 bridgehead atoms. The highest BCUT2D eigenvalue weighted by atomic mass is 32.2. The Bertz CT molecular complexity index is 949. The average Bonchev–Trinajstić information content (AvgIpc) is 3.22. The molecule has 0 fully saturated rings. The van der Waals surface area contributed by atoms with Crippen LogP contribution in [0.3, 0.4) is 0 Å². The van der Waals surface area contributed by atoms with Gasteiger partial charge in [0.2, 0.25) is 5.65 Å². The van der Waals surface area contributed by atoms with E-state index >= 15 is 0 Å². The maximum atomic E-state index is 5.79. The van der Waals surface area contributed by atoms with Gasteiger partial charge in [-0.15, -0.1) is 16.9 Å². The molecular weight excluding hydrogens is 312 g/mol. The summed E-state index contributed by atoms with van der Waals surface area (Å²) in [6.07, 6.45) is 0. The zero-order valence-corrected chi connectivity index (χ0v) is 12.7. The maximum absolute atomic E-state index is 5.79. The monoisotopic (exact) mass is 324 g/mol. The van der Waals surface area contributed by atoms with Crippen LogP contribution in [0.15, 0.2) is 51.9 Å². The van der Waals surface area contributed by atoms with Gasteiger partial charge in [-0.25, -0.2) is 4.98 Å². The van der Waals surface area contributed by atoms with Crippen LogP contribution in [0, 0.1) is 0 Å². The summed E-state index contributed by atoms with van der Waals surface area (Å²) < 4.78 is 5.40. The SMILES string of the molecule is Nc1cc(SCc2cc(-c3ccccc3)on2)c2n[nH]nc2n1. The van der Waals surface area contributed by atoms with E-state index in [1.807, 2.05) is 36.4 Å². The molecule has 4 aromatic rings. The Hall–Kier alpha value is -2.87. The molecule has 4 rings (SSSR count). The first kappa shape index (κ1) is 13.8. The van der Waals surface area contributed by atoms with Crippen molar-refractivity contribution in [2.75, 3.05) is 5.73 Å². The van der Waals surface area contributed by atoms with Gasteiger partial charge in [0.05, 0.1) is 5.69 Å². The molecule has 0 atom stereocenters. The summed E-state index contributed by atoms with van der Waals surface area (Å²) in [7, 11) is 0. The highest BCUT2D eigenvalue weighted by Gasteiger charge is 2.11. The third-order valence-corrected chi connectivity index (χ3v) is 4.33. The number of hydrogen-bond donors (Lipinski definition) is 2. The van der Waals surface area contributed by atoms with Crippen molar-refractivity contribution < 1.29 is 4.52 Å². The number of nitrogens with one attached hydrogen (secondary N) is 1. The first-order valence-corrected chi connectivity index (χ1v) is 7.89. The molecule has 1 aromatic carbocycles. The maximum Gasteiger partial charge on any atom is 0.204 e. The Kier molecular flexibility index (Phi) is 3.43. The number of nitrogens with two attached hydrogens (primary N) is 1. The van der Waals surface area contributed by atoms with E-state index in [0.29, 0.717) is 22.7 Å². The first-order valence-electron chi connectivity index (χ1n) is 6.90. The van der Waals surface area contributed by atoms with E-state index in [0.717, 1.165) is 21.9 Å². The van der Waals surface area contributed by atoms with E-state index in [2.05, 4.69) is 25.6 Å². The topological polar surface area (TPSA) is 107 Å². The fourth-order valence-electron chi connectivity index (χ4n) is 2.21. The molecule has 3 heterocycles. The van der Waals surface area contributed by atoms with Gasteiger partial charge in [0.25, 0.3) is 0 Å². The van der Waals surface area contributed by atoms with Gasteiger partial charge in [0.1, 0.15) is 11.3 Å². The standard InChI is InChI=1S/C15H12N6OS/c16-13-7-12(14-15(17-13)19-21-18-14)23-8-10-6-11(22-20-10)9-4-2-1-3-5-9/h1-7H,8H2,(H3,16,17,18,19,21). The lowest BCUT2D eigenvalue weighted by Gasteiger charge is -2.00. The minimum atomic E-state index is 0.416. The molecule has 3 N–H and O–H groups in total. The lowest BCUT2D eigenvalue weighted by Crippen LogP contribution is -1.92. The largest absolute Gasteiger partial charge is 0.384 e. The molecule has 0 unspecified atom stereocenters. The van der Waals surface area contributed by atoms with Crippen molar-refractivity contribution in [1.29, 1.82) is 0 Å². The number of benzene rings is 1. The van der Waals surface area contributed by atoms with Gasteiger partial charge in [-0.1, -0.05) is 35.5 Å². The van der Waals surface area contributed by atoms with Gasteiger partial charge in [-0.05, 0) is 6.07 Å². The number of nitrogens with zero attached hydrogens (tertiary/aromatic N) is 4. The van der Waals surface area contributed by atoms with Crippen molar-refractivity contribution >= 4 is 28.7 Å². The molecule has 0 spiro atoms. The molecule has 7 nitrogen and oxygen atoms in total. The van der Waals surface area contributed by atoms with Crippen LogP contribution in [-0.4, -0.2) is 25.6 Å². The Labute approximate surface area is 135 Å².